The Morgan fingerprint density at radius 3 is 1.82 bits per heavy atom. The fraction of sp³-hybridized carbons (Fsp3) is 0.136. The summed E-state index contributed by atoms with van der Waals surface area (Å²) in [6.45, 7) is 1.93. The first-order valence-corrected chi connectivity index (χ1v) is 10.3. The maximum Gasteiger partial charge on any atom is 0.200 e. The van der Waals surface area contributed by atoms with Gasteiger partial charge in [-0.25, -0.2) is 22.0 Å². The first-order chi connectivity index (χ1) is 16.2. The van der Waals surface area contributed by atoms with Crippen molar-refractivity contribution in [1.82, 2.24) is 19.6 Å². The normalized spacial score (nSPS) is 11.0. The summed E-state index contributed by atoms with van der Waals surface area (Å²) in [6, 6.07) is 11.1. The number of benzene rings is 2. The molecule has 12 heteroatoms. The van der Waals surface area contributed by atoms with E-state index in [4.69, 9.17) is 12.2 Å². The molecule has 0 aliphatic carbocycles. The molecule has 176 valence electrons. The van der Waals surface area contributed by atoms with Crippen molar-refractivity contribution in [2.24, 2.45) is 0 Å². The van der Waals surface area contributed by atoms with Crippen LogP contribution < -0.4 is 10.6 Å². The van der Waals surface area contributed by atoms with Gasteiger partial charge in [-0.3, -0.25) is 9.36 Å². The third-order valence-electron chi connectivity index (χ3n) is 4.98. The van der Waals surface area contributed by atoms with E-state index in [9.17, 15) is 22.0 Å². The van der Waals surface area contributed by atoms with Crippen LogP contribution in [0.1, 0.15) is 16.7 Å². The van der Waals surface area contributed by atoms with Gasteiger partial charge in [0, 0.05) is 24.5 Å². The lowest BCUT2D eigenvalue weighted by molar-refractivity contribution is 0.367. The first kappa shape index (κ1) is 23.4. The van der Waals surface area contributed by atoms with Gasteiger partial charge in [0.05, 0.1) is 18.7 Å². The molecule has 2 aromatic carbocycles. The van der Waals surface area contributed by atoms with Gasteiger partial charge in [-0.1, -0.05) is 24.3 Å². The molecule has 0 atom stereocenters. The Bertz CT molecular complexity index is 1340. The van der Waals surface area contributed by atoms with Gasteiger partial charge >= 0.3 is 0 Å². The standard InChI is InChI=1S/C22H17F5N6S/c1-12-4-2-3-5-13(12)10-32-8-6-15(30-32)28-22(34)29-16-7-9-33(31-16)11-14-17(23)19(25)21(27)20(26)18(14)24/h2-9H,10-11H2,1H3,(H2,28,29,30,31,34). The molecule has 4 aromatic rings. The minimum atomic E-state index is -2.21. The van der Waals surface area contributed by atoms with Gasteiger partial charge < -0.3 is 10.6 Å². The molecule has 0 unspecified atom stereocenters. The minimum Gasteiger partial charge on any atom is -0.316 e. The molecule has 0 aliphatic heterocycles. The summed E-state index contributed by atoms with van der Waals surface area (Å²) >= 11 is 5.23. The van der Waals surface area contributed by atoms with E-state index < -0.39 is 41.2 Å². The van der Waals surface area contributed by atoms with Gasteiger partial charge in [-0.15, -0.1) is 0 Å². The molecule has 6 nitrogen and oxygen atoms in total. The van der Waals surface area contributed by atoms with Gasteiger partial charge in [-0.05, 0) is 30.3 Å². The molecular weight excluding hydrogens is 475 g/mol. The molecule has 0 aliphatic rings. The van der Waals surface area contributed by atoms with Crippen LogP contribution in [-0.4, -0.2) is 24.7 Å². The maximum atomic E-state index is 13.9. The minimum absolute atomic E-state index is 0.141. The third-order valence-corrected chi connectivity index (χ3v) is 5.18. The van der Waals surface area contributed by atoms with Gasteiger partial charge in [0.25, 0.3) is 0 Å². The van der Waals surface area contributed by atoms with Crippen LogP contribution in [0.25, 0.3) is 0 Å². The summed E-state index contributed by atoms with van der Waals surface area (Å²) in [5.74, 6) is -9.36. The van der Waals surface area contributed by atoms with Crippen molar-refractivity contribution < 1.29 is 22.0 Å². The Balaban J connectivity index is 1.38. The Morgan fingerprint density at radius 2 is 1.26 bits per heavy atom. The molecule has 0 fully saturated rings. The Morgan fingerprint density at radius 1 is 0.765 bits per heavy atom. The van der Waals surface area contributed by atoms with Crippen LogP contribution in [0.3, 0.4) is 0 Å². The molecule has 0 radical (unpaired) electrons. The van der Waals surface area contributed by atoms with Crippen LogP contribution >= 0.6 is 12.2 Å². The highest BCUT2D eigenvalue weighted by atomic mass is 32.1. The van der Waals surface area contributed by atoms with Crippen LogP contribution in [0.5, 0.6) is 0 Å². The van der Waals surface area contributed by atoms with Crippen molar-refractivity contribution in [2.45, 2.75) is 20.0 Å². The zero-order valence-corrected chi connectivity index (χ0v) is 18.4. The second kappa shape index (κ2) is 9.59. The van der Waals surface area contributed by atoms with Crippen molar-refractivity contribution >= 4 is 29.0 Å². The van der Waals surface area contributed by atoms with Crippen molar-refractivity contribution in [1.29, 1.82) is 0 Å². The van der Waals surface area contributed by atoms with Crippen molar-refractivity contribution in [3.8, 4) is 0 Å². The van der Waals surface area contributed by atoms with E-state index in [-0.39, 0.29) is 10.9 Å². The summed E-state index contributed by atoms with van der Waals surface area (Å²) < 4.78 is 70.5. The zero-order valence-electron chi connectivity index (χ0n) is 17.6. The monoisotopic (exact) mass is 492 g/mol. The maximum absolute atomic E-state index is 13.9. The lowest BCUT2D eigenvalue weighted by Gasteiger charge is -2.09. The number of aromatic nitrogens is 4. The second-order valence-corrected chi connectivity index (χ2v) is 7.76. The van der Waals surface area contributed by atoms with Crippen molar-refractivity contribution in [3.05, 3.63) is 94.6 Å². The molecule has 0 bridgehead atoms. The van der Waals surface area contributed by atoms with Crippen LogP contribution in [0.15, 0.2) is 48.8 Å². The Labute approximate surface area is 196 Å². The summed E-state index contributed by atoms with van der Waals surface area (Å²) in [7, 11) is 0. The number of nitrogens with zero attached hydrogens (tertiary/aromatic N) is 4. The summed E-state index contributed by atoms with van der Waals surface area (Å²) in [5, 5.41) is 14.2. The van der Waals surface area contributed by atoms with Crippen LogP contribution in [0.4, 0.5) is 33.6 Å². The smallest absolute Gasteiger partial charge is 0.200 e. The van der Waals surface area contributed by atoms with Crippen LogP contribution in [-0.2, 0) is 13.1 Å². The molecule has 34 heavy (non-hydrogen) atoms. The highest BCUT2D eigenvalue weighted by Crippen LogP contribution is 2.24. The second-order valence-electron chi connectivity index (χ2n) is 7.35. The van der Waals surface area contributed by atoms with E-state index in [1.807, 2.05) is 31.2 Å². The number of rotatable bonds is 6. The van der Waals surface area contributed by atoms with E-state index >= 15 is 0 Å². The topological polar surface area (TPSA) is 59.7 Å². The summed E-state index contributed by atoms with van der Waals surface area (Å²) in [5.41, 5.74) is 1.27. The average Bonchev–Trinajstić information content (AvgIpc) is 3.44. The first-order valence-electron chi connectivity index (χ1n) is 9.92. The van der Waals surface area contributed by atoms with Gasteiger partial charge in [-0.2, -0.15) is 10.2 Å². The Kier molecular flexibility index (Phi) is 6.59. The lowest BCUT2D eigenvalue weighted by Crippen LogP contribution is -2.20. The summed E-state index contributed by atoms with van der Waals surface area (Å²) in [6.07, 6.45) is 3.09. The predicted molar refractivity (Wildman–Crippen MR) is 120 cm³/mol. The molecule has 0 amide bonds. The SMILES string of the molecule is Cc1ccccc1Cn1ccc(NC(=S)Nc2ccn(Cc3c(F)c(F)c(F)c(F)c3F)n2)n1. The number of anilines is 2. The largest absolute Gasteiger partial charge is 0.316 e. The fourth-order valence-corrected chi connectivity index (χ4v) is 3.42. The molecule has 0 saturated heterocycles. The Hall–Kier alpha value is -3.80. The quantitative estimate of drug-likeness (QED) is 0.172. The van der Waals surface area contributed by atoms with Crippen LogP contribution in [0, 0.1) is 36.0 Å². The number of thiocarbonyl (C=S) groups is 1. The molecule has 2 N–H and O–H groups in total. The predicted octanol–water partition coefficient (Wildman–Crippen LogP) is 4.99. The molecule has 4 rings (SSSR count). The average molecular weight is 492 g/mol. The highest BCUT2D eigenvalue weighted by Gasteiger charge is 2.25. The van der Waals surface area contributed by atoms with E-state index in [0.29, 0.717) is 12.4 Å². The molecule has 2 heterocycles. The lowest BCUT2D eigenvalue weighted by atomic mass is 10.1. The van der Waals surface area contributed by atoms with E-state index in [1.54, 1.807) is 16.9 Å². The zero-order chi connectivity index (χ0) is 24.4. The molecule has 0 spiro atoms. The number of nitrogens with one attached hydrogen (secondary N) is 2. The molecule has 0 saturated carbocycles. The number of hydrogen-bond donors (Lipinski definition) is 2. The number of hydrogen-bond acceptors (Lipinski definition) is 3. The van der Waals surface area contributed by atoms with Gasteiger partial charge in [0.15, 0.2) is 40.0 Å². The van der Waals surface area contributed by atoms with E-state index in [2.05, 4.69) is 20.8 Å². The molecular formula is C22H17F5N6S. The van der Waals surface area contributed by atoms with Gasteiger partial charge in [0.1, 0.15) is 0 Å². The summed E-state index contributed by atoms with van der Waals surface area (Å²) in [4.78, 5) is 0. The molecule has 2 aromatic heterocycles. The van der Waals surface area contributed by atoms with Crippen molar-refractivity contribution in [3.63, 3.8) is 0 Å². The number of aryl methyl sites for hydroxylation is 1. The van der Waals surface area contributed by atoms with E-state index in [0.717, 1.165) is 15.8 Å². The number of halogens is 5. The van der Waals surface area contributed by atoms with Crippen LogP contribution in [0.2, 0.25) is 0 Å². The fourth-order valence-electron chi connectivity index (χ4n) is 3.21. The van der Waals surface area contributed by atoms with E-state index in [1.165, 1.54) is 12.3 Å². The van der Waals surface area contributed by atoms with Crippen molar-refractivity contribution in [2.75, 3.05) is 10.6 Å². The third kappa shape index (κ3) is 4.91. The highest BCUT2D eigenvalue weighted by molar-refractivity contribution is 7.80. The van der Waals surface area contributed by atoms with Gasteiger partial charge in [0.2, 0.25) is 5.82 Å².